The number of benzene rings is 1. The van der Waals surface area contributed by atoms with Gasteiger partial charge in [0.25, 0.3) is 0 Å². The first-order valence-corrected chi connectivity index (χ1v) is 7.14. The van der Waals surface area contributed by atoms with Crippen molar-refractivity contribution in [2.75, 3.05) is 18.5 Å². The van der Waals surface area contributed by atoms with Crippen LogP contribution in [0.25, 0.3) is 0 Å². The topological polar surface area (TPSA) is 79.5 Å². The Balaban J connectivity index is 2.43. The molecule has 0 aromatic heterocycles. The standard InChI is InChI=1S/C15H23N3O3/c1-4-10-16-14(19)11(3)17-15(20)18-12-6-8-13(9-7-12)21-5-2/h6-9,11H,4-5,10H2,1-3H3,(H,16,19)(H2,17,18,20)/t11-/m1/s1. The van der Waals surface area contributed by atoms with Crippen molar-refractivity contribution in [3.8, 4) is 5.75 Å². The number of carbonyl (C=O) groups is 2. The number of carbonyl (C=O) groups excluding carboxylic acids is 2. The molecule has 0 unspecified atom stereocenters. The highest BCUT2D eigenvalue weighted by Gasteiger charge is 2.14. The van der Waals surface area contributed by atoms with Gasteiger partial charge >= 0.3 is 6.03 Å². The summed E-state index contributed by atoms with van der Waals surface area (Å²) in [6.45, 7) is 6.72. The zero-order chi connectivity index (χ0) is 15.7. The molecule has 0 radical (unpaired) electrons. The molecule has 0 spiro atoms. The van der Waals surface area contributed by atoms with Gasteiger partial charge in [0.1, 0.15) is 11.8 Å². The van der Waals surface area contributed by atoms with E-state index in [9.17, 15) is 9.59 Å². The second-order valence-electron chi connectivity index (χ2n) is 4.57. The Morgan fingerprint density at radius 1 is 1.19 bits per heavy atom. The van der Waals surface area contributed by atoms with Crippen molar-refractivity contribution in [2.24, 2.45) is 0 Å². The largest absolute Gasteiger partial charge is 0.494 e. The second kappa shape index (κ2) is 8.84. The van der Waals surface area contributed by atoms with E-state index in [1.807, 2.05) is 13.8 Å². The van der Waals surface area contributed by atoms with E-state index < -0.39 is 12.1 Å². The van der Waals surface area contributed by atoms with E-state index >= 15 is 0 Å². The van der Waals surface area contributed by atoms with E-state index in [1.54, 1.807) is 31.2 Å². The Hall–Kier alpha value is -2.24. The van der Waals surface area contributed by atoms with Gasteiger partial charge in [-0.25, -0.2) is 4.79 Å². The first-order chi connectivity index (χ1) is 10.1. The molecular formula is C15H23N3O3. The Morgan fingerprint density at radius 3 is 2.43 bits per heavy atom. The van der Waals surface area contributed by atoms with Crippen LogP contribution in [0.2, 0.25) is 0 Å². The average molecular weight is 293 g/mol. The Morgan fingerprint density at radius 2 is 1.86 bits per heavy atom. The maximum atomic E-state index is 11.8. The summed E-state index contributed by atoms with van der Waals surface area (Å²) in [4.78, 5) is 23.4. The molecule has 21 heavy (non-hydrogen) atoms. The highest BCUT2D eigenvalue weighted by Crippen LogP contribution is 2.15. The molecule has 116 valence electrons. The van der Waals surface area contributed by atoms with Crippen molar-refractivity contribution >= 4 is 17.6 Å². The van der Waals surface area contributed by atoms with Gasteiger partial charge in [0.05, 0.1) is 6.61 Å². The second-order valence-corrected chi connectivity index (χ2v) is 4.57. The normalized spacial score (nSPS) is 11.4. The molecule has 1 rings (SSSR count). The molecule has 0 saturated heterocycles. The molecule has 0 heterocycles. The summed E-state index contributed by atoms with van der Waals surface area (Å²) >= 11 is 0. The van der Waals surface area contributed by atoms with Gasteiger partial charge in [0.15, 0.2) is 0 Å². The van der Waals surface area contributed by atoms with Crippen LogP contribution in [0.4, 0.5) is 10.5 Å². The van der Waals surface area contributed by atoms with Crippen LogP contribution < -0.4 is 20.7 Å². The van der Waals surface area contributed by atoms with Crippen molar-refractivity contribution in [1.29, 1.82) is 0 Å². The van der Waals surface area contributed by atoms with Crippen LogP contribution in [0, 0.1) is 0 Å². The fraction of sp³-hybridized carbons (Fsp3) is 0.467. The van der Waals surface area contributed by atoms with Gasteiger partial charge in [-0.3, -0.25) is 4.79 Å². The van der Waals surface area contributed by atoms with E-state index in [2.05, 4.69) is 16.0 Å². The van der Waals surface area contributed by atoms with Gasteiger partial charge in [-0.15, -0.1) is 0 Å². The summed E-state index contributed by atoms with van der Waals surface area (Å²) in [6.07, 6.45) is 0.858. The zero-order valence-corrected chi connectivity index (χ0v) is 12.7. The minimum absolute atomic E-state index is 0.196. The molecular weight excluding hydrogens is 270 g/mol. The molecule has 0 fully saturated rings. The lowest BCUT2D eigenvalue weighted by molar-refractivity contribution is -0.122. The lowest BCUT2D eigenvalue weighted by atomic mass is 10.3. The number of hydrogen-bond donors (Lipinski definition) is 3. The minimum Gasteiger partial charge on any atom is -0.494 e. The van der Waals surface area contributed by atoms with Gasteiger partial charge in [0, 0.05) is 12.2 Å². The minimum atomic E-state index is -0.584. The highest BCUT2D eigenvalue weighted by molar-refractivity contribution is 5.93. The van der Waals surface area contributed by atoms with Gasteiger partial charge in [-0.05, 0) is 44.5 Å². The summed E-state index contributed by atoms with van der Waals surface area (Å²) in [5.74, 6) is 0.550. The molecule has 0 aliphatic carbocycles. The Labute approximate surface area is 125 Å². The third kappa shape index (κ3) is 6.16. The predicted octanol–water partition coefficient (Wildman–Crippen LogP) is 2.12. The number of anilines is 1. The molecule has 0 bridgehead atoms. The quantitative estimate of drug-likeness (QED) is 0.720. The Kier molecular flexibility index (Phi) is 7.08. The maximum Gasteiger partial charge on any atom is 0.319 e. The number of nitrogens with one attached hydrogen (secondary N) is 3. The van der Waals surface area contributed by atoms with Gasteiger partial charge in [0.2, 0.25) is 5.91 Å². The van der Waals surface area contributed by atoms with E-state index in [0.717, 1.165) is 12.2 Å². The van der Waals surface area contributed by atoms with Crippen LogP contribution in [0.5, 0.6) is 5.75 Å². The fourth-order valence-corrected chi connectivity index (χ4v) is 1.63. The molecule has 3 N–H and O–H groups in total. The molecule has 1 aromatic rings. The lowest BCUT2D eigenvalue weighted by Gasteiger charge is -2.14. The fourth-order valence-electron chi connectivity index (χ4n) is 1.63. The molecule has 0 aliphatic heterocycles. The van der Waals surface area contributed by atoms with Crippen LogP contribution in [-0.2, 0) is 4.79 Å². The van der Waals surface area contributed by atoms with Gasteiger partial charge in [-0.2, -0.15) is 0 Å². The van der Waals surface area contributed by atoms with Crippen LogP contribution in [-0.4, -0.2) is 31.1 Å². The van der Waals surface area contributed by atoms with E-state index in [-0.39, 0.29) is 5.91 Å². The molecule has 6 nitrogen and oxygen atoms in total. The molecule has 3 amide bonds. The van der Waals surface area contributed by atoms with Crippen LogP contribution >= 0.6 is 0 Å². The third-order valence-corrected chi connectivity index (χ3v) is 2.71. The first kappa shape index (κ1) is 16.8. The smallest absolute Gasteiger partial charge is 0.319 e. The molecule has 1 aromatic carbocycles. The number of rotatable bonds is 7. The van der Waals surface area contributed by atoms with Gasteiger partial charge < -0.3 is 20.7 Å². The summed E-state index contributed by atoms with van der Waals surface area (Å²) in [6, 6.07) is 6.03. The SMILES string of the molecule is CCCNC(=O)[C@@H](C)NC(=O)Nc1ccc(OCC)cc1. The Bertz CT molecular complexity index is 460. The monoisotopic (exact) mass is 293 g/mol. The predicted molar refractivity (Wildman–Crippen MR) is 82.5 cm³/mol. The van der Waals surface area contributed by atoms with Crippen LogP contribution in [0.3, 0.4) is 0 Å². The molecule has 0 saturated carbocycles. The van der Waals surface area contributed by atoms with E-state index in [1.165, 1.54) is 0 Å². The van der Waals surface area contributed by atoms with Crippen molar-refractivity contribution < 1.29 is 14.3 Å². The van der Waals surface area contributed by atoms with Crippen molar-refractivity contribution in [3.05, 3.63) is 24.3 Å². The zero-order valence-electron chi connectivity index (χ0n) is 12.7. The number of amides is 3. The van der Waals surface area contributed by atoms with Crippen molar-refractivity contribution in [1.82, 2.24) is 10.6 Å². The lowest BCUT2D eigenvalue weighted by Crippen LogP contribution is -2.46. The molecule has 0 aliphatic rings. The summed E-state index contributed by atoms with van der Waals surface area (Å²) in [5, 5.41) is 7.98. The van der Waals surface area contributed by atoms with Crippen LogP contribution in [0.1, 0.15) is 27.2 Å². The number of hydrogen-bond acceptors (Lipinski definition) is 3. The molecule has 1 atom stereocenters. The van der Waals surface area contributed by atoms with Gasteiger partial charge in [-0.1, -0.05) is 6.92 Å². The average Bonchev–Trinajstić information content (AvgIpc) is 2.46. The third-order valence-electron chi connectivity index (χ3n) is 2.71. The maximum absolute atomic E-state index is 11.8. The van der Waals surface area contributed by atoms with E-state index in [0.29, 0.717) is 18.8 Å². The van der Waals surface area contributed by atoms with Crippen molar-refractivity contribution in [2.45, 2.75) is 33.2 Å². The summed E-state index contributed by atoms with van der Waals surface area (Å²) < 4.78 is 5.32. The summed E-state index contributed by atoms with van der Waals surface area (Å²) in [5.41, 5.74) is 0.636. The number of urea groups is 1. The number of ether oxygens (including phenoxy) is 1. The molecule has 6 heteroatoms. The first-order valence-electron chi connectivity index (χ1n) is 7.14. The summed E-state index contributed by atoms with van der Waals surface area (Å²) in [7, 11) is 0. The van der Waals surface area contributed by atoms with Crippen molar-refractivity contribution in [3.63, 3.8) is 0 Å². The highest BCUT2D eigenvalue weighted by atomic mass is 16.5. The van der Waals surface area contributed by atoms with Crippen LogP contribution in [0.15, 0.2) is 24.3 Å². The van der Waals surface area contributed by atoms with E-state index in [4.69, 9.17) is 4.74 Å².